The van der Waals surface area contributed by atoms with E-state index in [9.17, 15) is 4.79 Å². The lowest BCUT2D eigenvalue weighted by Crippen LogP contribution is -2.41. The number of hydrogen-bond donors (Lipinski definition) is 2. The molecule has 0 spiro atoms. The van der Waals surface area contributed by atoms with Gasteiger partial charge in [0, 0.05) is 18.5 Å². The number of nitrogens with two attached hydrogens (primary N) is 1. The van der Waals surface area contributed by atoms with Gasteiger partial charge in [0.25, 0.3) is 0 Å². The van der Waals surface area contributed by atoms with Crippen molar-refractivity contribution in [3.63, 3.8) is 0 Å². The molecule has 0 heterocycles. The first-order valence-electron chi connectivity index (χ1n) is 7.38. The molecular weight excluding hydrogens is 343 g/mol. The van der Waals surface area contributed by atoms with E-state index in [-0.39, 0.29) is 36.2 Å². The number of carbonyl (C=O) groups excluding carboxylic acids is 1. The lowest BCUT2D eigenvalue weighted by atomic mass is 10.0. The van der Waals surface area contributed by atoms with E-state index in [1.54, 1.807) is 6.07 Å². The highest BCUT2D eigenvalue weighted by molar-refractivity contribution is 6.42. The monoisotopic (exact) mass is 364 g/mol. The Bertz CT molecular complexity index is 522. The van der Waals surface area contributed by atoms with Gasteiger partial charge in [0.15, 0.2) is 0 Å². The lowest BCUT2D eigenvalue weighted by molar-refractivity contribution is -0.123. The summed E-state index contributed by atoms with van der Waals surface area (Å²) in [6.07, 6.45) is 1.72. The molecule has 1 aromatic rings. The van der Waals surface area contributed by atoms with E-state index in [2.05, 4.69) is 19.2 Å². The maximum atomic E-state index is 12.3. The number of carbonyl (C=O) groups is 1. The molecular formula is C16H23Cl3N2O. The van der Waals surface area contributed by atoms with Gasteiger partial charge < -0.3 is 11.1 Å². The molecule has 0 saturated heterocycles. The molecule has 6 heteroatoms. The minimum absolute atomic E-state index is 0. The van der Waals surface area contributed by atoms with Crippen molar-refractivity contribution in [2.45, 2.75) is 38.6 Å². The Kier molecular flexibility index (Phi) is 7.47. The van der Waals surface area contributed by atoms with Crippen LogP contribution in [0.1, 0.15) is 38.2 Å². The van der Waals surface area contributed by atoms with Crippen LogP contribution in [0.15, 0.2) is 18.2 Å². The van der Waals surface area contributed by atoms with E-state index in [4.69, 9.17) is 28.9 Å². The van der Waals surface area contributed by atoms with Gasteiger partial charge in [-0.3, -0.25) is 4.79 Å². The zero-order valence-electron chi connectivity index (χ0n) is 12.8. The molecule has 1 aliphatic carbocycles. The second-order valence-corrected chi connectivity index (χ2v) is 6.95. The van der Waals surface area contributed by atoms with Crippen molar-refractivity contribution in [2.75, 3.05) is 6.54 Å². The predicted octanol–water partition coefficient (Wildman–Crippen LogP) is 4.01. The molecule has 0 radical (unpaired) electrons. The molecule has 3 atom stereocenters. The van der Waals surface area contributed by atoms with Crippen LogP contribution in [0.5, 0.6) is 0 Å². The van der Waals surface area contributed by atoms with Crippen molar-refractivity contribution in [3.05, 3.63) is 33.8 Å². The van der Waals surface area contributed by atoms with Crippen LogP contribution in [0, 0.1) is 11.8 Å². The summed E-state index contributed by atoms with van der Waals surface area (Å²) in [5.41, 5.74) is 6.70. The molecule has 124 valence electrons. The van der Waals surface area contributed by atoms with Gasteiger partial charge in [0.2, 0.25) is 5.91 Å². The van der Waals surface area contributed by atoms with Crippen LogP contribution in [0.2, 0.25) is 10.0 Å². The highest BCUT2D eigenvalue weighted by atomic mass is 35.5. The number of halogens is 3. The Balaban J connectivity index is 0.00000242. The molecule has 1 amide bonds. The van der Waals surface area contributed by atoms with Crippen LogP contribution in [0.25, 0.3) is 0 Å². The zero-order valence-corrected chi connectivity index (χ0v) is 15.1. The number of amides is 1. The van der Waals surface area contributed by atoms with Crippen molar-refractivity contribution in [3.8, 4) is 0 Å². The predicted molar refractivity (Wildman–Crippen MR) is 95.0 cm³/mol. The van der Waals surface area contributed by atoms with E-state index in [0.717, 1.165) is 18.4 Å². The van der Waals surface area contributed by atoms with E-state index in [1.807, 2.05) is 12.1 Å². The van der Waals surface area contributed by atoms with Gasteiger partial charge in [-0.1, -0.05) is 49.2 Å². The minimum atomic E-state index is -0.0119. The highest BCUT2D eigenvalue weighted by Crippen LogP contribution is 2.50. The quantitative estimate of drug-likeness (QED) is 0.800. The number of hydrogen-bond acceptors (Lipinski definition) is 2. The SMILES string of the molecule is CC(C)CC(CN)NC(=O)C1CC1c1cccc(Cl)c1Cl.Cl. The molecule has 3 N–H and O–H groups in total. The van der Waals surface area contributed by atoms with E-state index < -0.39 is 0 Å². The summed E-state index contributed by atoms with van der Waals surface area (Å²) in [4.78, 5) is 12.3. The summed E-state index contributed by atoms with van der Waals surface area (Å²) in [6, 6.07) is 5.63. The molecule has 22 heavy (non-hydrogen) atoms. The Morgan fingerprint density at radius 2 is 2.09 bits per heavy atom. The number of rotatable bonds is 6. The molecule has 0 aliphatic heterocycles. The Morgan fingerprint density at radius 1 is 1.41 bits per heavy atom. The fourth-order valence-electron chi connectivity index (χ4n) is 2.73. The summed E-state index contributed by atoms with van der Waals surface area (Å²) >= 11 is 12.2. The average Bonchev–Trinajstić information content (AvgIpc) is 3.20. The van der Waals surface area contributed by atoms with Gasteiger partial charge in [-0.25, -0.2) is 0 Å². The minimum Gasteiger partial charge on any atom is -0.352 e. The van der Waals surface area contributed by atoms with Gasteiger partial charge in [-0.2, -0.15) is 0 Å². The largest absolute Gasteiger partial charge is 0.352 e. The fraction of sp³-hybridized carbons (Fsp3) is 0.562. The number of nitrogens with one attached hydrogen (secondary N) is 1. The summed E-state index contributed by atoms with van der Waals surface area (Å²) in [5, 5.41) is 4.16. The molecule has 3 unspecified atom stereocenters. The third-order valence-corrected chi connectivity index (χ3v) is 4.73. The third kappa shape index (κ3) is 4.76. The second-order valence-electron chi connectivity index (χ2n) is 6.16. The van der Waals surface area contributed by atoms with Crippen LogP contribution in [0.3, 0.4) is 0 Å². The van der Waals surface area contributed by atoms with Gasteiger partial charge in [0.1, 0.15) is 0 Å². The molecule has 2 rings (SSSR count). The van der Waals surface area contributed by atoms with Crippen molar-refractivity contribution in [2.24, 2.45) is 17.6 Å². The van der Waals surface area contributed by atoms with Crippen LogP contribution in [0.4, 0.5) is 0 Å². The van der Waals surface area contributed by atoms with Crippen LogP contribution >= 0.6 is 35.6 Å². The first kappa shape index (κ1) is 19.6. The normalized spacial score (nSPS) is 21.2. The average molecular weight is 366 g/mol. The molecule has 3 nitrogen and oxygen atoms in total. The first-order valence-corrected chi connectivity index (χ1v) is 8.14. The van der Waals surface area contributed by atoms with E-state index >= 15 is 0 Å². The third-order valence-electron chi connectivity index (χ3n) is 3.89. The standard InChI is InChI=1S/C16H22Cl2N2O.ClH/c1-9(2)6-10(8-19)20-16(21)13-7-12(13)11-4-3-5-14(17)15(11)18;/h3-5,9-10,12-13H,6-8,19H2,1-2H3,(H,20,21);1H. The summed E-state index contributed by atoms with van der Waals surface area (Å²) in [7, 11) is 0. The van der Waals surface area contributed by atoms with Crippen LogP contribution in [-0.2, 0) is 4.79 Å². The molecule has 0 aromatic heterocycles. The van der Waals surface area contributed by atoms with E-state index in [1.165, 1.54) is 0 Å². The second kappa shape index (κ2) is 8.39. The fourth-order valence-corrected chi connectivity index (χ4v) is 3.17. The Labute approximate surface area is 148 Å². The first-order chi connectivity index (χ1) is 9.93. The topological polar surface area (TPSA) is 55.1 Å². The lowest BCUT2D eigenvalue weighted by Gasteiger charge is -2.19. The van der Waals surface area contributed by atoms with E-state index in [0.29, 0.717) is 22.5 Å². The van der Waals surface area contributed by atoms with Crippen molar-refractivity contribution < 1.29 is 4.79 Å². The molecule has 1 fully saturated rings. The van der Waals surface area contributed by atoms with Crippen molar-refractivity contribution in [1.82, 2.24) is 5.32 Å². The summed E-state index contributed by atoms with van der Waals surface area (Å²) in [6.45, 7) is 4.72. The van der Waals surface area contributed by atoms with Crippen LogP contribution in [-0.4, -0.2) is 18.5 Å². The Morgan fingerprint density at radius 3 is 2.68 bits per heavy atom. The maximum Gasteiger partial charge on any atom is 0.224 e. The highest BCUT2D eigenvalue weighted by Gasteiger charge is 2.45. The summed E-state index contributed by atoms with van der Waals surface area (Å²) in [5.74, 6) is 0.749. The van der Waals surface area contributed by atoms with Gasteiger partial charge in [-0.15, -0.1) is 12.4 Å². The molecule has 0 bridgehead atoms. The zero-order chi connectivity index (χ0) is 15.6. The van der Waals surface area contributed by atoms with Gasteiger partial charge in [-0.05, 0) is 36.3 Å². The molecule has 1 aromatic carbocycles. The number of benzene rings is 1. The van der Waals surface area contributed by atoms with Gasteiger partial charge in [0.05, 0.1) is 10.0 Å². The van der Waals surface area contributed by atoms with Crippen molar-refractivity contribution >= 4 is 41.5 Å². The van der Waals surface area contributed by atoms with Gasteiger partial charge >= 0.3 is 0 Å². The smallest absolute Gasteiger partial charge is 0.224 e. The Hall–Kier alpha value is -0.480. The molecule has 1 saturated carbocycles. The maximum absolute atomic E-state index is 12.3. The summed E-state index contributed by atoms with van der Waals surface area (Å²) < 4.78 is 0. The van der Waals surface area contributed by atoms with Crippen LogP contribution < -0.4 is 11.1 Å². The van der Waals surface area contributed by atoms with Crippen molar-refractivity contribution in [1.29, 1.82) is 0 Å². The molecule has 1 aliphatic rings.